The molecule has 0 aliphatic carbocycles. The Kier molecular flexibility index (Phi) is 4.44. The molecule has 2 atom stereocenters. The van der Waals surface area contributed by atoms with E-state index in [1.807, 2.05) is 24.9 Å². The molecule has 0 spiro atoms. The van der Waals surface area contributed by atoms with Crippen LogP contribution >= 0.6 is 0 Å². The smallest absolute Gasteiger partial charge is 0.240 e. The fourth-order valence-electron chi connectivity index (χ4n) is 2.73. The molecule has 2 aromatic heterocycles. The van der Waals surface area contributed by atoms with Gasteiger partial charge in [-0.05, 0) is 20.3 Å². The first-order valence-corrected chi connectivity index (χ1v) is 7.61. The summed E-state index contributed by atoms with van der Waals surface area (Å²) in [6.45, 7) is 4.66. The Labute approximate surface area is 134 Å². The lowest BCUT2D eigenvalue weighted by molar-refractivity contribution is -0.115. The summed E-state index contributed by atoms with van der Waals surface area (Å²) in [7, 11) is 1.91. The van der Waals surface area contributed by atoms with Crippen LogP contribution in [0.25, 0.3) is 0 Å². The maximum atomic E-state index is 12.0. The van der Waals surface area contributed by atoms with Gasteiger partial charge in [0.1, 0.15) is 6.10 Å². The Balaban J connectivity index is 1.56. The van der Waals surface area contributed by atoms with Gasteiger partial charge in [-0.25, -0.2) is 0 Å². The van der Waals surface area contributed by atoms with Crippen LogP contribution in [0.5, 0.6) is 0 Å². The Hall–Kier alpha value is -2.19. The van der Waals surface area contributed by atoms with E-state index in [0.29, 0.717) is 12.5 Å². The Bertz CT molecular complexity index is 693. The summed E-state index contributed by atoms with van der Waals surface area (Å²) in [4.78, 5) is 12.0. The number of ether oxygens (including phenoxy) is 1. The molecule has 3 rings (SSSR count). The highest BCUT2D eigenvalue weighted by Gasteiger charge is 2.32. The molecular weight excluding hydrogens is 298 g/mol. The number of aromatic nitrogens is 3. The van der Waals surface area contributed by atoms with Crippen molar-refractivity contribution in [3.05, 3.63) is 29.2 Å². The third-order valence-electron chi connectivity index (χ3n) is 4.09. The van der Waals surface area contributed by atoms with Crippen molar-refractivity contribution in [1.29, 1.82) is 0 Å². The normalized spacial score (nSPS) is 20.8. The van der Waals surface area contributed by atoms with Gasteiger partial charge in [0.2, 0.25) is 11.8 Å². The van der Waals surface area contributed by atoms with Gasteiger partial charge in [-0.3, -0.25) is 14.8 Å². The van der Waals surface area contributed by atoms with Crippen LogP contribution in [0.15, 0.2) is 16.8 Å². The second-order valence-electron chi connectivity index (χ2n) is 5.76. The highest BCUT2D eigenvalue weighted by Crippen LogP contribution is 2.30. The van der Waals surface area contributed by atoms with Gasteiger partial charge in [-0.2, -0.15) is 5.10 Å². The number of anilines is 1. The topological polar surface area (TPSA) is 94.2 Å². The first-order valence-electron chi connectivity index (χ1n) is 7.61. The first kappa shape index (κ1) is 15.7. The monoisotopic (exact) mass is 319 g/mol. The van der Waals surface area contributed by atoms with Gasteiger partial charge >= 0.3 is 0 Å². The zero-order valence-electron chi connectivity index (χ0n) is 13.5. The summed E-state index contributed by atoms with van der Waals surface area (Å²) >= 11 is 0. The molecule has 2 aromatic rings. The van der Waals surface area contributed by atoms with Crippen LogP contribution in [0.1, 0.15) is 29.5 Å². The van der Waals surface area contributed by atoms with Crippen molar-refractivity contribution in [2.75, 3.05) is 18.5 Å². The number of aryl methyl sites for hydroxylation is 2. The van der Waals surface area contributed by atoms with Gasteiger partial charge < -0.3 is 14.6 Å². The molecule has 0 saturated carbocycles. The number of carbonyl (C=O) groups is 1. The van der Waals surface area contributed by atoms with E-state index in [9.17, 15) is 4.79 Å². The summed E-state index contributed by atoms with van der Waals surface area (Å²) in [5.74, 6) is 0.186. The second kappa shape index (κ2) is 6.51. The summed E-state index contributed by atoms with van der Waals surface area (Å²) in [5.41, 5.74) is 2.86. The molecule has 0 unspecified atom stereocenters. The minimum absolute atomic E-state index is 0.0796. The molecule has 2 N–H and O–H groups in total. The predicted octanol–water partition coefficient (Wildman–Crippen LogP) is 1.08. The number of hydrogen-bond acceptors (Lipinski definition) is 6. The van der Waals surface area contributed by atoms with Crippen molar-refractivity contribution in [1.82, 2.24) is 20.3 Å². The van der Waals surface area contributed by atoms with Gasteiger partial charge in [0.05, 0.1) is 18.4 Å². The highest BCUT2D eigenvalue weighted by atomic mass is 16.5. The fraction of sp³-hybridized carbons (Fsp3) is 0.533. The zero-order chi connectivity index (χ0) is 16.4. The Morgan fingerprint density at radius 3 is 2.96 bits per heavy atom. The van der Waals surface area contributed by atoms with Crippen molar-refractivity contribution in [2.24, 2.45) is 7.05 Å². The number of amides is 1. The quantitative estimate of drug-likeness (QED) is 0.856. The minimum Gasteiger partial charge on any atom is -0.372 e. The average molecular weight is 319 g/mol. The molecule has 0 aromatic carbocycles. The van der Waals surface area contributed by atoms with E-state index in [-0.39, 0.29) is 24.6 Å². The molecule has 8 nitrogen and oxygen atoms in total. The SMILES string of the molecule is Cc1cc(NC(=O)CN[C@H]2CCO[C@@H]2c2cnn(C)c2C)on1. The van der Waals surface area contributed by atoms with Gasteiger partial charge in [0.25, 0.3) is 0 Å². The third-order valence-corrected chi connectivity index (χ3v) is 4.09. The van der Waals surface area contributed by atoms with Crippen molar-refractivity contribution < 1.29 is 14.1 Å². The van der Waals surface area contributed by atoms with Gasteiger partial charge in [-0.15, -0.1) is 0 Å². The molecule has 1 aliphatic rings. The molecule has 0 radical (unpaired) electrons. The number of carbonyl (C=O) groups excluding carboxylic acids is 1. The minimum atomic E-state index is -0.172. The second-order valence-corrected chi connectivity index (χ2v) is 5.76. The van der Waals surface area contributed by atoms with Crippen molar-refractivity contribution in [2.45, 2.75) is 32.4 Å². The maximum absolute atomic E-state index is 12.0. The van der Waals surface area contributed by atoms with E-state index in [2.05, 4.69) is 20.9 Å². The van der Waals surface area contributed by atoms with Gasteiger partial charge in [0.15, 0.2) is 0 Å². The van der Waals surface area contributed by atoms with Crippen LogP contribution in [-0.2, 0) is 16.6 Å². The lowest BCUT2D eigenvalue weighted by Gasteiger charge is -2.19. The van der Waals surface area contributed by atoms with E-state index in [1.54, 1.807) is 13.0 Å². The van der Waals surface area contributed by atoms with Crippen LogP contribution in [0.2, 0.25) is 0 Å². The van der Waals surface area contributed by atoms with Crippen molar-refractivity contribution in [3.8, 4) is 0 Å². The van der Waals surface area contributed by atoms with Gasteiger partial charge in [0, 0.05) is 37.0 Å². The highest BCUT2D eigenvalue weighted by molar-refractivity contribution is 5.90. The zero-order valence-corrected chi connectivity index (χ0v) is 13.5. The lowest BCUT2D eigenvalue weighted by atomic mass is 10.0. The molecule has 3 heterocycles. The summed E-state index contributed by atoms with van der Waals surface area (Å²) < 4.78 is 12.6. The number of rotatable bonds is 5. The molecule has 8 heteroatoms. The standard InChI is InChI=1S/C15H21N5O3/c1-9-6-14(23-19-9)18-13(21)8-16-12-4-5-22-15(12)11-7-17-20(3)10(11)2/h6-7,12,15-16H,4-5,8H2,1-3H3,(H,18,21)/t12-,15+/m0/s1. The van der Waals surface area contributed by atoms with E-state index >= 15 is 0 Å². The van der Waals surface area contributed by atoms with E-state index < -0.39 is 0 Å². The summed E-state index contributed by atoms with van der Waals surface area (Å²) in [6.07, 6.45) is 2.61. The lowest BCUT2D eigenvalue weighted by Crippen LogP contribution is -2.37. The molecule has 1 aliphatic heterocycles. The van der Waals surface area contributed by atoms with Crippen LogP contribution in [0.4, 0.5) is 5.88 Å². The third kappa shape index (κ3) is 3.43. The summed E-state index contributed by atoms with van der Waals surface area (Å²) in [5, 5.41) is 13.9. The van der Waals surface area contributed by atoms with E-state index in [0.717, 1.165) is 23.4 Å². The van der Waals surface area contributed by atoms with Crippen LogP contribution in [0, 0.1) is 13.8 Å². The van der Waals surface area contributed by atoms with Gasteiger partial charge in [-0.1, -0.05) is 5.16 Å². The fourth-order valence-corrected chi connectivity index (χ4v) is 2.73. The first-order chi connectivity index (χ1) is 11.0. The predicted molar refractivity (Wildman–Crippen MR) is 82.9 cm³/mol. The Morgan fingerprint density at radius 2 is 2.30 bits per heavy atom. The average Bonchev–Trinajstić information content (AvgIpc) is 3.20. The molecule has 124 valence electrons. The molecule has 1 saturated heterocycles. The summed E-state index contributed by atoms with van der Waals surface area (Å²) in [6, 6.07) is 1.76. The molecule has 1 fully saturated rings. The molecule has 0 bridgehead atoms. The van der Waals surface area contributed by atoms with Crippen molar-refractivity contribution in [3.63, 3.8) is 0 Å². The van der Waals surface area contributed by atoms with Crippen LogP contribution in [0.3, 0.4) is 0 Å². The van der Waals surface area contributed by atoms with Crippen LogP contribution in [-0.4, -0.2) is 40.0 Å². The Morgan fingerprint density at radius 1 is 1.48 bits per heavy atom. The van der Waals surface area contributed by atoms with Crippen LogP contribution < -0.4 is 10.6 Å². The maximum Gasteiger partial charge on any atom is 0.240 e. The molecular formula is C15H21N5O3. The molecule has 23 heavy (non-hydrogen) atoms. The van der Waals surface area contributed by atoms with Crippen molar-refractivity contribution >= 4 is 11.8 Å². The van der Waals surface area contributed by atoms with E-state index in [1.165, 1.54) is 0 Å². The van der Waals surface area contributed by atoms with E-state index in [4.69, 9.17) is 9.26 Å². The number of nitrogens with one attached hydrogen (secondary N) is 2. The molecule has 1 amide bonds. The number of hydrogen-bond donors (Lipinski definition) is 2. The largest absolute Gasteiger partial charge is 0.372 e. The number of nitrogens with zero attached hydrogens (tertiary/aromatic N) is 3.